The smallest absolute Gasteiger partial charge is 0.243 e. The summed E-state index contributed by atoms with van der Waals surface area (Å²) in [5, 5.41) is 8.16. The van der Waals surface area contributed by atoms with Crippen molar-refractivity contribution in [2.24, 2.45) is 11.7 Å². The average molecular weight is 481 g/mol. The van der Waals surface area contributed by atoms with Crippen LogP contribution in [0.2, 0.25) is 0 Å². The lowest BCUT2D eigenvalue weighted by atomic mass is 10.00. The largest absolute Gasteiger partial charge is 0.354 e. The molecule has 3 rings (SSSR count). The highest BCUT2D eigenvalue weighted by molar-refractivity contribution is 5.93. The molecule has 1 aliphatic rings. The van der Waals surface area contributed by atoms with Crippen LogP contribution in [-0.2, 0) is 20.8 Å². The SMILES string of the molecule is CCC(CC)C(=O)N1CCCC1C(=O)NC(Cc1ccc2ccccc2c1)C(=O)NCCCCN. The molecule has 3 amide bonds. The Morgan fingerprint density at radius 2 is 1.80 bits per heavy atom. The minimum absolute atomic E-state index is 0.0463. The number of likely N-dealkylation sites (tertiary alicyclic amines) is 1. The van der Waals surface area contributed by atoms with Gasteiger partial charge in [-0.25, -0.2) is 0 Å². The number of carbonyl (C=O) groups is 3. The Morgan fingerprint density at radius 3 is 2.51 bits per heavy atom. The molecule has 2 unspecified atom stereocenters. The Hall–Kier alpha value is -2.93. The van der Waals surface area contributed by atoms with Gasteiger partial charge in [-0.3, -0.25) is 14.4 Å². The van der Waals surface area contributed by atoms with E-state index in [0.29, 0.717) is 32.5 Å². The number of amides is 3. The summed E-state index contributed by atoms with van der Waals surface area (Å²) in [6.07, 6.45) is 4.94. The molecule has 4 N–H and O–H groups in total. The average Bonchev–Trinajstić information content (AvgIpc) is 3.37. The third-order valence-electron chi connectivity index (χ3n) is 6.99. The molecule has 1 aliphatic heterocycles. The first-order valence-electron chi connectivity index (χ1n) is 13.0. The number of carbonyl (C=O) groups excluding carboxylic acids is 3. The third-order valence-corrected chi connectivity index (χ3v) is 6.99. The molecular formula is C28H40N4O3. The number of hydrogen-bond donors (Lipinski definition) is 3. The molecule has 0 saturated carbocycles. The van der Waals surface area contributed by atoms with Gasteiger partial charge in [0.25, 0.3) is 0 Å². The van der Waals surface area contributed by atoms with E-state index in [1.165, 1.54) is 0 Å². The summed E-state index contributed by atoms with van der Waals surface area (Å²) < 4.78 is 0. The molecule has 0 radical (unpaired) electrons. The van der Waals surface area contributed by atoms with Crippen molar-refractivity contribution in [1.29, 1.82) is 0 Å². The first-order valence-corrected chi connectivity index (χ1v) is 13.0. The molecule has 2 aromatic carbocycles. The van der Waals surface area contributed by atoms with Crippen molar-refractivity contribution >= 4 is 28.5 Å². The molecule has 7 nitrogen and oxygen atoms in total. The van der Waals surface area contributed by atoms with Gasteiger partial charge in [0, 0.05) is 25.4 Å². The fraction of sp³-hybridized carbons (Fsp3) is 0.536. The zero-order valence-electron chi connectivity index (χ0n) is 21.1. The summed E-state index contributed by atoms with van der Waals surface area (Å²) in [6, 6.07) is 12.9. The zero-order chi connectivity index (χ0) is 25.2. The quantitative estimate of drug-likeness (QED) is 0.406. The van der Waals surface area contributed by atoms with Gasteiger partial charge in [0.1, 0.15) is 12.1 Å². The van der Waals surface area contributed by atoms with Crippen LogP contribution in [0.1, 0.15) is 57.9 Å². The summed E-state index contributed by atoms with van der Waals surface area (Å²) >= 11 is 0. The van der Waals surface area contributed by atoms with Crippen LogP contribution in [0.5, 0.6) is 0 Å². The van der Waals surface area contributed by atoms with Gasteiger partial charge in [-0.15, -0.1) is 0 Å². The maximum Gasteiger partial charge on any atom is 0.243 e. The topological polar surface area (TPSA) is 105 Å². The van der Waals surface area contributed by atoms with Gasteiger partial charge in [0.05, 0.1) is 0 Å². The molecule has 0 aliphatic carbocycles. The second-order valence-electron chi connectivity index (χ2n) is 9.44. The van der Waals surface area contributed by atoms with Crippen molar-refractivity contribution in [2.45, 2.75) is 70.9 Å². The fourth-order valence-electron chi connectivity index (χ4n) is 4.86. The zero-order valence-corrected chi connectivity index (χ0v) is 21.1. The van der Waals surface area contributed by atoms with Crippen LogP contribution in [0.4, 0.5) is 0 Å². The Labute approximate surface area is 208 Å². The van der Waals surface area contributed by atoms with Crippen molar-refractivity contribution in [2.75, 3.05) is 19.6 Å². The van der Waals surface area contributed by atoms with Gasteiger partial charge in [-0.2, -0.15) is 0 Å². The maximum atomic E-state index is 13.4. The maximum absolute atomic E-state index is 13.4. The molecule has 1 fully saturated rings. The lowest BCUT2D eigenvalue weighted by molar-refractivity contribution is -0.142. The van der Waals surface area contributed by atoms with Crippen molar-refractivity contribution in [3.05, 3.63) is 48.0 Å². The van der Waals surface area contributed by atoms with Gasteiger partial charge in [-0.1, -0.05) is 56.3 Å². The van der Waals surface area contributed by atoms with Crippen molar-refractivity contribution < 1.29 is 14.4 Å². The van der Waals surface area contributed by atoms with Gasteiger partial charge in [0.15, 0.2) is 0 Å². The predicted octanol–water partition coefficient (Wildman–Crippen LogP) is 3.15. The van der Waals surface area contributed by atoms with E-state index in [2.05, 4.69) is 16.7 Å². The highest BCUT2D eigenvalue weighted by atomic mass is 16.2. The van der Waals surface area contributed by atoms with Crippen LogP contribution in [-0.4, -0.2) is 54.3 Å². The minimum Gasteiger partial charge on any atom is -0.354 e. The molecule has 0 bridgehead atoms. The van der Waals surface area contributed by atoms with Crippen LogP contribution in [0, 0.1) is 5.92 Å². The van der Waals surface area contributed by atoms with E-state index in [9.17, 15) is 14.4 Å². The molecule has 0 aromatic heterocycles. The Kier molecular flexibility index (Phi) is 10.1. The molecule has 1 heterocycles. The highest BCUT2D eigenvalue weighted by Crippen LogP contribution is 2.23. The van der Waals surface area contributed by atoms with Gasteiger partial charge >= 0.3 is 0 Å². The molecule has 7 heteroatoms. The molecular weight excluding hydrogens is 440 g/mol. The lowest BCUT2D eigenvalue weighted by Gasteiger charge is -2.29. The van der Waals surface area contributed by atoms with Crippen LogP contribution >= 0.6 is 0 Å². The van der Waals surface area contributed by atoms with E-state index in [-0.39, 0.29) is 23.6 Å². The molecule has 35 heavy (non-hydrogen) atoms. The second kappa shape index (κ2) is 13.2. The van der Waals surface area contributed by atoms with Crippen LogP contribution in [0.25, 0.3) is 10.8 Å². The highest BCUT2D eigenvalue weighted by Gasteiger charge is 2.37. The van der Waals surface area contributed by atoms with E-state index in [1.807, 2.05) is 50.2 Å². The predicted molar refractivity (Wildman–Crippen MR) is 140 cm³/mol. The van der Waals surface area contributed by atoms with Crippen LogP contribution < -0.4 is 16.4 Å². The number of nitrogens with one attached hydrogen (secondary N) is 2. The number of benzene rings is 2. The van der Waals surface area contributed by atoms with Gasteiger partial charge in [-0.05, 0) is 61.4 Å². The first-order chi connectivity index (χ1) is 17.0. The summed E-state index contributed by atoms with van der Waals surface area (Å²) in [4.78, 5) is 41.2. The second-order valence-corrected chi connectivity index (χ2v) is 9.44. The standard InChI is InChI=1S/C28H40N4O3/c1-3-21(4-2)28(35)32-17-9-12-25(32)27(34)31-24(26(33)30-16-8-7-15-29)19-20-13-14-22-10-5-6-11-23(22)18-20/h5-6,10-11,13-14,18,21,24-25H,3-4,7-9,12,15-17,19,29H2,1-2H3,(H,30,33)(H,31,34). The Morgan fingerprint density at radius 1 is 1.06 bits per heavy atom. The monoisotopic (exact) mass is 480 g/mol. The summed E-state index contributed by atoms with van der Waals surface area (Å²) in [6.45, 7) is 5.70. The number of nitrogens with zero attached hydrogens (tertiary/aromatic N) is 1. The van der Waals surface area contributed by atoms with E-state index in [1.54, 1.807) is 4.90 Å². The molecule has 0 spiro atoms. The molecule has 1 saturated heterocycles. The Balaban J connectivity index is 1.75. The van der Waals surface area contributed by atoms with E-state index in [4.69, 9.17) is 5.73 Å². The third kappa shape index (κ3) is 7.04. The van der Waals surface area contributed by atoms with E-state index in [0.717, 1.165) is 48.4 Å². The minimum atomic E-state index is -0.716. The van der Waals surface area contributed by atoms with Crippen molar-refractivity contribution in [3.8, 4) is 0 Å². The number of unbranched alkanes of at least 4 members (excludes halogenated alkanes) is 1. The summed E-state index contributed by atoms with van der Waals surface area (Å²) in [7, 11) is 0. The number of rotatable bonds is 12. The van der Waals surface area contributed by atoms with Crippen LogP contribution in [0.15, 0.2) is 42.5 Å². The Bertz CT molecular complexity index is 1000. The number of nitrogens with two attached hydrogens (primary N) is 1. The van der Waals surface area contributed by atoms with E-state index >= 15 is 0 Å². The molecule has 190 valence electrons. The van der Waals surface area contributed by atoms with Gasteiger partial charge < -0.3 is 21.3 Å². The van der Waals surface area contributed by atoms with E-state index < -0.39 is 12.1 Å². The first kappa shape index (κ1) is 26.7. The summed E-state index contributed by atoms with van der Waals surface area (Å²) in [5.74, 6) is -0.475. The number of hydrogen-bond acceptors (Lipinski definition) is 4. The van der Waals surface area contributed by atoms with Crippen molar-refractivity contribution in [3.63, 3.8) is 0 Å². The lowest BCUT2D eigenvalue weighted by Crippen LogP contribution is -2.54. The number of fused-ring (bicyclic) bond motifs is 1. The van der Waals surface area contributed by atoms with Crippen LogP contribution in [0.3, 0.4) is 0 Å². The fourth-order valence-corrected chi connectivity index (χ4v) is 4.86. The van der Waals surface area contributed by atoms with Crippen molar-refractivity contribution in [1.82, 2.24) is 15.5 Å². The molecule has 2 atom stereocenters. The normalized spacial score (nSPS) is 16.5. The molecule has 2 aromatic rings. The van der Waals surface area contributed by atoms with Gasteiger partial charge in [0.2, 0.25) is 17.7 Å². The summed E-state index contributed by atoms with van der Waals surface area (Å²) in [5.41, 5.74) is 6.54.